The van der Waals surface area contributed by atoms with E-state index in [-0.39, 0.29) is 5.41 Å². The number of ether oxygens (including phenoxy) is 4. The quantitative estimate of drug-likeness (QED) is 0.629. The summed E-state index contributed by atoms with van der Waals surface area (Å²) >= 11 is 0. The predicted octanol–water partition coefficient (Wildman–Crippen LogP) is 4.47. The first-order valence-corrected chi connectivity index (χ1v) is 8.57. The summed E-state index contributed by atoms with van der Waals surface area (Å²) in [4.78, 5) is 0. The Morgan fingerprint density at radius 2 is 1.08 bits per heavy atom. The van der Waals surface area contributed by atoms with Gasteiger partial charge in [0.15, 0.2) is 0 Å². The Hall–Kier alpha value is -2.20. The van der Waals surface area contributed by atoms with Gasteiger partial charge in [-0.3, -0.25) is 0 Å². The Morgan fingerprint density at radius 3 is 1.52 bits per heavy atom. The fraction of sp³-hybridized carbons (Fsp3) is 0.429. The molecule has 0 amide bonds. The first-order chi connectivity index (χ1) is 12.0. The molecule has 0 aromatic heterocycles. The van der Waals surface area contributed by atoms with E-state index in [4.69, 9.17) is 18.9 Å². The van der Waals surface area contributed by atoms with Gasteiger partial charge in [0.1, 0.15) is 30.5 Å². The topological polar surface area (TPSA) is 36.9 Å². The molecule has 0 aliphatic carbocycles. The van der Waals surface area contributed by atoms with Crippen molar-refractivity contribution in [3.8, 4) is 17.2 Å². The number of rotatable bonds is 9. The molecule has 0 aliphatic heterocycles. The van der Waals surface area contributed by atoms with E-state index in [1.165, 1.54) is 5.56 Å². The van der Waals surface area contributed by atoms with Crippen LogP contribution in [-0.4, -0.2) is 33.5 Å². The predicted molar refractivity (Wildman–Crippen MR) is 99.9 cm³/mol. The molecule has 136 valence electrons. The summed E-state index contributed by atoms with van der Waals surface area (Å²) in [5.41, 5.74) is 1.46. The second kappa shape index (κ2) is 9.33. The van der Waals surface area contributed by atoms with Crippen molar-refractivity contribution in [2.75, 3.05) is 33.5 Å². The molecule has 2 aromatic carbocycles. The average molecular weight is 344 g/mol. The summed E-state index contributed by atoms with van der Waals surface area (Å²) in [6.07, 6.45) is 0. The Kier molecular flexibility index (Phi) is 7.14. The van der Waals surface area contributed by atoms with E-state index in [9.17, 15) is 0 Å². The molecule has 4 nitrogen and oxygen atoms in total. The maximum Gasteiger partial charge on any atom is 0.119 e. The minimum atomic E-state index is 0.158. The van der Waals surface area contributed by atoms with Crippen molar-refractivity contribution in [2.24, 2.45) is 0 Å². The fourth-order valence-corrected chi connectivity index (χ4v) is 2.26. The van der Waals surface area contributed by atoms with Gasteiger partial charge in [0.05, 0.1) is 20.3 Å². The molecular weight excluding hydrogens is 316 g/mol. The highest BCUT2D eigenvalue weighted by Crippen LogP contribution is 2.24. The minimum absolute atomic E-state index is 0.158. The standard InChI is InChI=1S/C21H28O4/c1-21(2,3)17-5-7-19(8-6-17)24-15-13-23-14-16-25-20-11-9-18(22-4)10-12-20/h5-12H,13-16H2,1-4H3. The lowest BCUT2D eigenvalue weighted by Gasteiger charge is -2.19. The summed E-state index contributed by atoms with van der Waals surface area (Å²) < 4.78 is 21.9. The largest absolute Gasteiger partial charge is 0.497 e. The molecule has 0 spiro atoms. The van der Waals surface area contributed by atoms with Gasteiger partial charge in [-0.1, -0.05) is 32.9 Å². The Bertz CT molecular complexity index is 612. The van der Waals surface area contributed by atoms with Gasteiger partial charge >= 0.3 is 0 Å². The monoisotopic (exact) mass is 344 g/mol. The van der Waals surface area contributed by atoms with Gasteiger partial charge in [0, 0.05) is 0 Å². The molecule has 0 fully saturated rings. The molecule has 25 heavy (non-hydrogen) atoms. The normalized spacial score (nSPS) is 11.2. The van der Waals surface area contributed by atoms with Crippen molar-refractivity contribution >= 4 is 0 Å². The van der Waals surface area contributed by atoms with Crippen molar-refractivity contribution in [1.82, 2.24) is 0 Å². The molecule has 0 saturated heterocycles. The third-order valence-electron chi connectivity index (χ3n) is 3.77. The number of methoxy groups -OCH3 is 1. The molecule has 0 N–H and O–H groups in total. The van der Waals surface area contributed by atoms with Gasteiger partial charge in [0.25, 0.3) is 0 Å². The zero-order valence-corrected chi connectivity index (χ0v) is 15.6. The molecule has 2 rings (SSSR count). The van der Waals surface area contributed by atoms with Crippen LogP contribution in [0.4, 0.5) is 0 Å². The highest BCUT2D eigenvalue weighted by Gasteiger charge is 2.12. The zero-order valence-electron chi connectivity index (χ0n) is 15.6. The third kappa shape index (κ3) is 6.67. The molecule has 0 saturated carbocycles. The second-order valence-electron chi connectivity index (χ2n) is 6.76. The van der Waals surface area contributed by atoms with Crippen LogP contribution in [0.3, 0.4) is 0 Å². The van der Waals surface area contributed by atoms with Gasteiger partial charge in [-0.25, -0.2) is 0 Å². The summed E-state index contributed by atoms with van der Waals surface area (Å²) in [7, 11) is 1.64. The molecule has 0 heterocycles. The van der Waals surface area contributed by atoms with E-state index in [0.717, 1.165) is 17.2 Å². The van der Waals surface area contributed by atoms with Crippen LogP contribution < -0.4 is 14.2 Å². The van der Waals surface area contributed by atoms with E-state index < -0.39 is 0 Å². The third-order valence-corrected chi connectivity index (χ3v) is 3.77. The van der Waals surface area contributed by atoms with Crippen molar-refractivity contribution in [3.63, 3.8) is 0 Å². The van der Waals surface area contributed by atoms with Crippen LogP contribution in [0.15, 0.2) is 48.5 Å². The van der Waals surface area contributed by atoms with E-state index in [0.29, 0.717) is 26.4 Å². The van der Waals surface area contributed by atoms with Crippen LogP contribution in [0.2, 0.25) is 0 Å². The van der Waals surface area contributed by atoms with E-state index in [1.54, 1.807) is 7.11 Å². The van der Waals surface area contributed by atoms with Crippen LogP contribution in [-0.2, 0) is 10.2 Å². The number of hydrogen-bond acceptors (Lipinski definition) is 4. The molecule has 2 aromatic rings. The first-order valence-electron chi connectivity index (χ1n) is 8.57. The van der Waals surface area contributed by atoms with Crippen LogP contribution >= 0.6 is 0 Å². The fourth-order valence-electron chi connectivity index (χ4n) is 2.26. The highest BCUT2D eigenvalue weighted by molar-refractivity contribution is 5.31. The van der Waals surface area contributed by atoms with Gasteiger partial charge in [-0.15, -0.1) is 0 Å². The number of benzene rings is 2. The van der Waals surface area contributed by atoms with E-state index >= 15 is 0 Å². The smallest absolute Gasteiger partial charge is 0.119 e. The zero-order chi connectivity index (χ0) is 18.1. The number of hydrogen-bond donors (Lipinski definition) is 0. The van der Waals surface area contributed by atoms with E-state index in [1.807, 2.05) is 36.4 Å². The van der Waals surface area contributed by atoms with Crippen molar-refractivity contribution in [3.05, 3.63) is 54.1 Å². The summed E-state index contributed by atoms with van der Waals surface area (Å²) in [6.45, 7) is 8.69. The maximum atomic E-state index is 5.68. The minimum Gasteiger partial charge on any atom is -0.497 e. The lowest BCUT2D eigenvalue weighted by atomic mass is 9.87. The van der Waals surface area contributed by atoms with Crippen LogP contribution in [0.5, 0.6) is 17.2 Å². The molecular formula is C21H28O4. The van der Waals surface area contributed by atoms with Crippen LogP contribution in [0.1, 0.15) is 26.3 Å². The summed E-state index contributed by atoms with van der Waals surface area (Å²) in [5, 5.41) is 0. The molecule has 0 unspecified atom stereocenters. The molecule has 0 atom stereocenters. The van der Waals surface area contributed by atoms with Crippen molar-refractivity contribution < 1.29 is 18.9 Å². The molecule has 0 radical (unpaired) electrons. The average Bonchev–Trinajstić information content (AvgIpc) is 2.61. The lowest BCUT2D eigenvalue weighted by molar-refractivity contribution is 0.0764. The SMILES string of the molecule is COc1ccc(OCCOCCOc2ccc(C(C)(C)C)cc2)cc1. The van der Waals surface area contributed by atoms with Crippen molar-refractivity contribution in [1.29, 1.82) is 0 Å². The molecule has 4 heteroatoms. The van der Waals surface area contributed by atoms with E-state index in [2.05, 4.69) is 32.9 Å². The van der Waals surface area contributed by atoms with Crippen LogP contribution in [0, 0.1) is 0 Å². The highest BCUT2D eigenvalue weighted by atomic mass is 16.5. The molecule has 0 bridgehead atoms. The van der Waals surface area contributed by atoms with Gasteiger partial charge < -0.3 is 18.9 Å². The van der Waals surface area contributed by atoms with Gasteiger partial charge in [0.2, 0.25) is 0 Å². The summed E-state index contributed by atoms with van der Waals surface area (Å²) in [6, 6.07) is 15.7. The van der Waals surface area contributed by atoms with Gasteiger partial charge in [-0.2, -0.15) is 0 Å². The first kappa shape index (κ1) is 19.1. The van der Waals surface area contributed by atoms with Crippen molar-refractivity contribution in [2.45, 2.75) is 26.2 Å². The molecule has 0 aliphatic rings. The summed E-state index contributed by atoms with van der Waals surface area (Å²) in [5.74, 6) is 2.49. The Labute approximate surface area is 150 Å². The Balaban J connectivity index is 1.57. The Morgan fingerprint density at radius 1 is 0.640 bits per heavy atom. The lowest BCUT2D eigenvalue weighted by Crippen LogP contribution is -2.12. The second-order valence-corrected chi connectivity index (χ2v) is 6.76. The maximum absolute atomic E-state index is 5.68. The van der Waals surface area contributed by atoms with Crippen LogP contribution in [0.25, 0.3) is 0 Å². The van der Waals surface area contributed by atoms with Gasteiger partial charge in [-0.05, 0) is 47.4 Å².